The summed E-state index contributed by atoms with van der Waals surface area (Å²) >= 11 is 0. The van der Waals surface area contributed by atoms with Crippen LogP contribution in [-0.4, -0.2) is 174 Å². The maximum absolute atomic E-state index is 15.3. The Bertz CT molecular complexity index is 2480. The summed E-state index contributed by atoms with van der Waals surface area (Å²) in [5.74, 6) is -11.2. The third-order valence-corrected chi connectivity index (χ3v) is 14.6. The summed E-state index contributed by atoms with van der Waals surface area (Å²) in [5, 5.41) is 52.5. The minimum Gasteiger partial charge on any atom is -0.487 e. The first-order valence-corrected chi connectivity index (χ1v) is 27.7. The molecule has 0 aromatic heterocycles. The molecule has 12 N–H and O–H groups in total. The molecule has 1 saturated heterocycles. The fourth-order valence-electron chi connectivity index (χ4n) is 8.98. The highest BCUT2D eigenvalue weighted by atomic mass is 16.6. The molecule has 0 saturated carbocycles. The Kier molecular flexibility index (Phi) is 26.2. The van der Waals surface area contributed by atoms with Gasteiger partial charge in [-0.3, -0.25) is 38.4 Å². The van der Waals surface area contributed by atoms with Crippen LogP contribution in [0.4, 0.5) is 0 Å². The van der Waals surface area contributed by atoms with Crippen molar-refractivity contribution in [3.8, 4) is 5.75 Å². The molecule has 0 radical (unpaired) electrons. The van der Waals surface area contributed by atoms with Gasteiger partial charge >= 0.3 is 11.9 Å². The number of aliphatic hydroxyl groups is 3. The molecule has 0 spiro atoms. The monoisotopic (exact) mass is 1140 g/mol. The van der Waals surface area contributed by atoms with E-state index in [1.54, 1.807) is 65.0 Å². The minimum absolute atomic E-state index is 0.0965. The van der Waals surface area contributed by atoms with E-state index in [0.717, 1.165) is 36.7 Å². The van der Waals surface area contributed by atoms with Crippen molar-refractivity contribution in [2.75, 3.05) is 39.8 Å². The molecule has 0 aliphatic carbocycles. The topological polar surface area (TPSA) is 355 Å². The van der Waals surface area contributed by atoms with Gasteiger partial charge in [-0.25, -0.2) is 4.79 Å². The van der Waals surface area contributed by atoms with Gasteiger partial charge in [-0.2, -0.15) is 0 Å². The Morgan fingerprint density at radius 1 is 0.815 bits per heavy atom. The van der Waals surface area contributed by atoms with Crippen molar-refractivity contribution in [1.82, 2.24) is 42.1 Å². The number of likely N-dealkylation sites (N-methyl/N-ethyl adjacent to an activating group) is 1. The zero-order valence-corrected chi connectivity index (χ0v) is 47.9. The van der Waals surface area contributed by atoms with Crippen LogP contribution in [-0.2, 0) is 59.0 Å². The molecule has 3 heterocycles. The number of fused-ring (bicyclic) bond motifs is 11. The van der Waals surface area contributed by atoms with E-state index < -0.39 is 150 Å². The van der Waals surface area contributed by atoms with Crippen LogP contribution >= 0.6 is 0 Å². The standard InChI is InChI=1S/C57H85N9O15/c1-10-33(4)45-52(73)65-48-39-20-22-40(23-21-39)81-37(8)57(78,31-59-27-17-12-11-16-26-58)25-24-43(68)60-29-44(69)79-30-41(56(77)80-36(7)47(54(75)62-45)64-50(71)34(5)49(70)32(2)3)61-53(74)46(35(6)67)63-51(72)42(66(9)55(48)76)28-38-18-14-13-15-19-38/h13-15,18-25,32-37,41-42,45-49,59,67,70,78H,10-12,16-17,26-31,58H2,1-9H3,(H,60,68)(H,61,74)(H,62,75)(H,63,72)(H,64,71)(H,65,73)/b25-24+/t33-,34+,35+,36+,37+,41-,42-,45+,46+,47-,48-,49+,57-/m0/s1. The van der Waals surface area contributed by atoms with Crippen molar-refractivity contribution in [1.29, 1.82) is 0 Å². The molecule has 4 bridgehead atoms. The number of hydrogen-bond acceptors (Lipinski definition) is 17. The van der Waals surface area contributed by atoms with Gasteiger partial charge in [-0.15, -0.1) is 0 Å². The van der Waals surface area contributed by atoms with Crippen LogP contribution in [0, 0.1) is 17.8 Å². The molecule has 7 amide bonds. The van der Waals surface area contributed by atoms with Crippen LogP contribution in [0.1, 0.15) is 105 Å². The highest BCUT2D eigenvalue weighted by molar-refractivity contribution is 5.98. The van der Waals surface area contributed by atoms with E-state index >= 15 is 4.79 Å². The van der Waals surface area contributed by atoms with Crippen molar-refractivity contribution in [2.45, 2.75) is 160 Å². The predicted octanol–water partition coefficient (Wildman–Crippen LogP) is -0.286. The van der Waals surface area contributed by atoms with E-state index in [1.807, 2.05) is 0 Å². The Hall–Kier alpha value is -6.99. The van der Waals surface area contributed by atoms with Gasteiger partial charge in [0.2, 0.25) is 41.4 Å². The number of aliphatic hydroxyl groups excluding tert-OH is 2. The number of ether oxygens (including phenoxy) is 3. The van der Waals surface area contributed by atoms with Crippen LogP contribution < -0.4 is 47.7 Å². The highest BCUT2D eigenvalue weighted by Crippen LogP contribution is 2.26. The number of nitrogens with one attached hydrogen (secondary N) is 7. The predicted molar refractivity (Wildman–Crippen MR) is 297 cm³/mol. The molecule has 5 rings (SSSR count). The smallest absolute Gasteiger partial charge is 0.332 e. The molecule has 13 atom stereocenters. The van der Waals surface area contributed by atoms with Gasteiger partial charge < -0.3 is 77.4 Å². The van der Waals surface area contributed by atoms with Crippen LogP contribution in [0.25, 0.3) is 0 Å². The molecule has 2 aromatic rings. The zero-order chi connectivity index (χ0) is 60.1. The number of nitrogens with zero attached hydrogens (tertiary/aromatic N) is 1. The summed E-state index contributed by atoms with van der Waals surface area (Å²) in [6.45, 7) is 11.3. The Labute approximate surface area is 473 Å². The molecule has 24 heteroatoms. The lowest BCUT2D eigenvalue weighted by Crippen LogP contribution is -2.61. The average molecular weight is 1140 g/mol. The van der Waals surface area contributed by atoms with Crippen molar-refractivity contribution >= 4 is 53.3 Å². The van der Waals surface area contributed by atoms with E-state index in [1.165, 1.54) is 58.2 Å². The summed E-state index contributed by atoms with van der Waals surface area (Å²) in [7, 11) is 1.31. The third-order valence-electron chi connectivity index (χ3n) is 14.6. The lowest BCUT2D eigenvalue weighted by atomic mass is 9.93. The van der Waals surface area contributed by atoms with E-state index in [-0.39, 0.29) is 30.7 Å². The Morgan fingerprint density at radius 3 is 2.09 bits per heavy atom. The lowest BCUT2D eigenvalue weighted by molar-refractivity contribution is -0.160. The second kappa shape index (κ2) is 31.9. The largest absolute Gasteiger partial charge is 0.487 e. The Morgan fingerprint density at radius 2 is 1.46 bits per heavy atom. The first-order chi connectivity index (χ1) is 38.3. The number of nitrogens with two attached hydrogens (primary N) is 1. The average Bonchev–Trinajstić information content (AvgIpc) is 3.44. The molecule has 24 nitrogen and oxygen atoms in total. The normalized spacial score (nSPS) is 27.1. The summed E-state index contributed by atoms with van der Waals surface area (Å²) in [5.41, 5.74) is 4.49. The van der Waals surface area contributed by atoms with Gasteiger partial charge in [0.15, 0.2) is 6.04 Å². The first kappa shape index (κ1) is 66.5. The second-order valence-electron chi connectivity index (χ2n) is 21.3. The van der Waals surface area contributed by atoms with Gasteiger partial charge in [-0.1, -0.05) is 96.3 Å². The Balaban J connectivity index is 1.99. The summed E-state index contributed by atoms with van der Waals surface area (Å²) in [4.78, 5) is 130. The first-order valence-electron chi connectivity index (χ1n) is 27.7. The number of unbranched alkanes of at least 4 members (excludes halogenated alkanes) is 3. The lowest BCUT2D eigenvalue weighted by Gasteiger charge is -2.34. The molecule has 3 aliphatic heterocycles. The fourth-order valence-corrected chi connectivity index (χ4v) is 8.98. The number of cyclic esters (lactones) is 1. The van der Waals surface area contributed by atoms with E-state index in [9.17, 15) is 53.7 Å². The van der Waals surface area contributed by atoms with Crippen LogP contribution in [0.15, 0.2) is 66.7 Å². The molecule has 1 fully saturated rings. The fraction of sp³-hybridized carbons (Fsp3) is 0.596. The number of carbonyl (C=O) groups is 9. The maximum Gasteiger partial charge on any atom is 0.332 e. The summed E-state index contributed by atoms with van der Waals surface area (Å²) in [6.07, 6.45) is 0.116. The minimum atomic E-state index is -1.98. The second-order valence-corrected chi connectivity index (χ2v) is 21.3. The SMILES string of the molecule is CC[C@H](C)[C@H]1NC(=O)[C@@H](NC(=O)[C@H](C)[C@H](O)C(C)C)[C@@H](C)OC(=O)[C@@H]2COC(=O)CNC(=O)/C=C/[C@](O)(CNCCCCCCN)[C@@H](C)Oc3ccc(cc3)[C@H](NC1=O)C(=O)N(C)[C@@H](Cc1ccccc1)C(=O)N[C@H]([C@@H](C)O)C(=O)N2. The highest BCUT2D eigenvalue weighted by Gasteiger charge is 2.42. The molecule has 448 valence electrons. The number of hydrogen-bond donors (Lipinski definition) is 11. The van der Waals surface area contributed by atoms with Crippen molar-refractivity contribution in [3.05, 3.63) is 77.9 Å². The van der Waals surface area contributed by atoms with E-state index in [4.69, 9.17) is 19.9 Å². The molecule has 3 aliphatic rings. The van der Waals surface area contributed by atoms with Gasteiger partial charge in [-0.05, 0) is 87.9 Å². The van der Waals surface area contributed by atoms with Crippen LogP contribution in [0.3, 0.4) is 0 Å². The number of carbonyl (C=O) groups excluding carboxylic acids is 9. The molecule has 2 aromatic carbocycles. The van der Waals surface area contributed by atoms with Gasteiger partial charge in [0.05, 0.1) is 18.1 Å². The van der Waals surface area contributed by atoms with Crippen molar-refractivity contribution in [2.24, 2.45) is 23.5 Å². The number of amides is 7. The molecule has 81 heavy (non-hydrogen) atoms. The van der Waals surface area contributed by atoms with Gasteiger partial charge in [0.25, 0.3) is 0 Å². The van der Waals surface area contributed by atoms with Crippen LogP contribution in [0.5, 0.6) is 5.75 Å². The zero-order valence-electron chi connectivity index (χ0n) is 47.9. The summed E-state index contributed by atoms with van der Waals surface area (Å²) < 4.78 is 17.4. The number of rotatable bonds is 17. The van der Waals surface area contributed by atoms with E-state index in [2.05, 4.69) is 37.2 Å². The van der Waals surface area contributed by atoms with Crippen molar-refractivity contribution in [3.63, 3.8) is 0 Å². The molecular formula is C57H85N9O15. The van der Waals surface area contributed by atoms with Crippen molar-refractivity contribution < 1.29 is 72.7 Å². The van der Waals surface area contributed by atoms with E-state index in [0.29, 0.717) is 18.7 Å². The van der Waals surface area contributed by atoms with Gasteiger partial charge in [0, 0.05) is 26.1 Å². The summed E-state index contributed by atoms with van der Waals surface area (Å²) in [6, 6.07) is 4.23. The maximum atomic E-state index is 15.3. The molecular weight excluding hydrogens is 1050 g/mol. The third kappa shape index (κ3) is 19.6. The number of benzene rings is 2. The number of esters is 2. The van der Waals surface area contributed by atoms with Crippen LogP contribution in [0.2, 0.25) is 0 Å². The molecule has 0 unspecified atom stereocenters. The van der Waals surface area contributed by atoms with Gasteiger partial charge in [0.1, 0.15) is 66.9 Å². The quantitative estimate of drug-likeness (QED) is 0.0716.